The third kappa shape index (κ3) is 4.23. The molecule has 2 rings (SSSR count). The molecule has 1 fully saturated rings. The molecule has 0 aliphatic carbocycles. The SMILES string of the molecule is CCCC[C@H]1CNCCN1C(=O)OCc1ccccc1. The van der Waals surface area contributed by atoms with Crippen LogP contribution in [-0.4, -0.2) is 36.7 Å². The highest BCUT2D eigenvalue weighted by Gasteiger charge is 2.27. The molecule has 0 unspecified atom stereocenters. The van der Waals surface area contributed by atoms with Gasteiger partial charge in [0.25, 0.3) is 0 Å². The second kappa shape index (κ2) is 7.90. The van der Waals surface area contributed by atoms with Crippen LogP contribution in [0.5, 0.6) is 0 Å². The lowest BCUT2D eigenvalue weighted by atomic mass is 10.1. The summed E-state index contributed by atoms with van der Waals surface area (Å²) in [5, 5.41) is 3.35. The lowest BCUT2D eigenvalue weighted by Crippen LogP contribution is -2.53. The Balaban J connectivity index is 1.85. The third-order valence-corrected chi connectivity index (χ3v) is 3.68. The van der Waals surface area contributed by atoms with E-state index in [-0.39, 0.29) is 12.1 Å². The first-order valence-corrected chi connectivity index (χ1v) is 7.49. The van der Waals surface area contributed by atoms with Crippen molar-refractivity contribution in [3.63, 3.8) is 0 Å². The lowest BCUT2D eigenvalue weighted by molar-refractivity contribution is 0.0698. The van der Waals surface area contributed by atoms with E-state index in [9.17, 15) is 4.79 Å². The van der Waals surface area contributed by atoms with E-state index >= 15 is 0 Å². The number of nitrogens with zero attached hydrogens (tertiary/aromatic N) is 1. The molecule has 1 aliphatic rings. The van der Waals surface area contributed by atoms with Crippen molar-refractivity contribution in [3.8, 4) is 0 Å². The predicted octanol–water partition coefficient (Wildman–Crippen LogP) is 2.79. The fourth-order valence-corrected chi connectivity index (χ4v) is 2.50. The summed E-state index contributed by atoms with van der Waals surface area (Å²) < 4.78 is 5.44. The van der Waals surface area contributed by atoms with E-state index in [2.05, 4.69) is 12.2 Å². The number of unbranched alkanes of at least 4 members (excludes halogenated alkanes) is 1. The summed E-state index contributed by atoms with van der Waals surface area (Å²) in [7, 11) is 0. The minimum absolute atomic E-state index is 0.184. The average Bonchev–Trinajstić information content (AvgIpc) is 2.52. The quantitative estimate of drug-likeness (QED) is 0.899. The topological polar surface area (TPSA) is 41.6 Å². The van der Waals surface area contributed by atoms with Gasteiger partial charge in [0.05, 0.1) is 0 Å². The molecule has 1 aromatic rings. The maximum atomic E-state index is 12.2. The van der Waals surface area contributed by atoms with Crippen LogP contribution in [0, 0.1) is 0 Å². The van der Waals surface area contributed by atoms with E-state index < -0.39 is 0 Å². The van der Waals surface area contributed by atoms with Gasteiger partial charge < -0.3 is 15.0 Å². The first-order chi connectivity index (χ1) is 9.81. The summed E-state index contributed by atoms with van der Waals surface area (Å²) in [5.74, 6) is 0. The van der Waals surface area contributed by atoms with Crippen molar-refractivity contribution >= 4 is 6.09 Å². The van der Waals surface area contributed by atoms with Gasteiger partial charge in [0.1, 0.15) is 6.61 Å². The molecule has 1 heterocycles. The summed E-state index contributed by atoms with van der Waals surface area (Å²) in [6.07, 6.45) is 3.17. The zero-order valence-electron chi connectivity index (χ0n) is 12.2. The van der Waals surface area contributed by atoms with Crippen LogP contribution in [0.4, 0.5) is 4.79 Å². The van der Waals surface area contributed by atoms with Gasteiger partial charge in [-0.15, -0.1) is 0 Å². The first kappa shape index (κ1) is 14.9. The van der Waals surface area contributed by atoms with Crippen molar-refractivity contribution in [3.05, 3.63) is 35.9 Å². The first-order valence-electron chi connectivity index (χ1n) is 7.49. The smallest absolute Gasteiger partial charge is 0.410 e. The Hall–Kier alpha value is -1.55. The summed E-state index contributed by atoms with van der Waals surface area (Å²) in [5.41, 5.74) is 1.03. The van der Waals surface area contributed by atoms with Crippen LogP contribution in [0.1, 0.15) is 31.7 Å². The van der Waals surface area contributed by atoms with Crippen molar-refractivity contribution in [1.82, 2.24) is 10.2 Å². The van der Waals surface area contributed by atoms with Crippen LogP contribution in [0.2, 0.25) is 0 Å². The minimum Gasteiger partial charge on any atom is -0.445 e. The van der Waals surface area contributed by atoms with Crippen molar-refractivity contribution in [2.75, 3.05) is 19.6 Å². The Bertz CT molecular complexity index is 408. The van der Waals surface area contributed by atoms with Gasteiger partial charge in [-0.05, 0) is 12.0 Å². The number of carbonyl (C=O) groups excluding carboxylic acids is 1. The molecule has 4 heteroatoms. The van der Waals surface area contributed by atoms with Gasteiger partial charge in [0.2, 0.25) is 0 Å². The molecule has 4 nitrogen and oxygen atoms in total. The van der Waals surface area contributed by atoms with E-state index in [1.807, 2.05) is 35.2 Å². The number of nitrogens with one attached hydrogen (secondary N) is 1. The van der Waals surface area contributed by atoms with E-state index in [1.54, 1.807) is 0 Å². The number of amides is 1. The Labute approximate surface area is 121 Å². The molecule has 0 saturated carbocycles. The van der Waals surface area contributed by atoms with E-state index in [1.165, 1.54) is 0 Å². The average molecular weight is 276 g/mol. The van der Waals surface area contributed by atoms with Crippen molar-refractivity contribution < 1.29 is 9.53 Å². The number of hydrogen-bond acceptors (Lipinski definition) is 3. The molecule has 110 valence electrons. The number of ether oxygens (including phenoxy) is 1. The molecular weight excluding hydrogens is 252 g/mol. The molecular formula is C16H24N2O2. The van der Waals surface area contributed by atoms with Gasteiger partial charge in [0.15, 0.2) is 0 Å². The number of rotatable bonds is 5. The molecule has 1 saturated heterocycles. The summed E-state index contributed by atoms with van der Waals surface area (Å²) in [4.78, 5) is 14.1. The Morgan fingerprint density at radius 3 is 2.95 bits per heavy atom. The second-order valence-corrected chi connectivity index (χ2v) is 5.23. The molecule has 0 spiro atoms. The largest absolute Gasteiger partial charge is 0.445 e. The predicted molar refractivity (Wildman–Crippen MR) is 79.5 cm³/mol. The van der Waals surface area contributed by atoms with Crippen LogP contribution in [0.3, 0.4) is 0 Å². The fourth-order valence-electron chi connectivity index (χ4n) is 2.50. The zero-order chi connectivity index (χ0) is 14.2. The number of piperazine rings is 1. The summed E-state index contributed by atoms with van der Waals surface area (Å²) in [6.45, 7) is 4.99. The second-order valence-electron chi connectivity index (χ2n) is 5.23. The van der Waals surface area contributed by atoms with Crippen molar-refractivity contribution in [2.24, 2.45) is 0 Å². The van der Waals surface area contributed by atoms with Gasteiger partial charge in [-0.2, -0.15) is 0 Å². The van der Waals surface area contributed by atoms with Crippen molar-refractivity contribution in [1.29, 1.82) is 0 Å². The molecule has 0 radical (unpaired) electrons. The lowest BCUT2D eigenvalue weighted by Gasteiger charge is -2.35. The maximum absolute atomic E-state index is 12.2. The third-order valence-electron chi connectivity index (χ3n) is 3.68. The Kier molecular flexibility index (Phi) is 5.87. The molecule has 1 N–H and O–H groups in total. The van der Waals surface area contributed by atoms with Crippen LogP contribution in [0.25, 0.3) is 0 Å². The monoisotopic (exact) mass is 276 g/mol. The molecule has 0 aromatic heterocycles. The number of carbonyl (C=O) groups is 1. The van der Waals surface area contributed by atoms with Crippen LogP contribution >= 0.6 is 0 Å². The van der Waals surface area contributed by atoms with Gasteiger partial charge in [-0.25, -0.2) is 4.79 Å². The molecule has 0 bridgehead atoms. The van der Waals surface area contributed by atoms with Crippen LogP contribution in [-0.2, 0) is 11.3 Å². The van der Waals surface area contributed by atoms with E-state index in [0.717, 1.165) is 44.5 Å². The van der Waals surface area contributed by atoms with Crippen LogP contribution in [0.15, 0.2) is 30.3 Å². The zero-order valence-corrected chi connectivity index (χ0v) is 12.2. The molecule has 1 amide bonds. The number of benzene rings is 1. The molecule has 20 heavy (non-hydrogen) atoms. The van der Waals surface area contributed by atoms with Gasteiger partial charge >= 0.3 is 6.09 Å². The molecule has 1 atom stereocenters. The highest BCUT2D eigenvalue weighted by molar-refractivity contribution is 5.68. The summed E-state index contributed by atoms with van der Waals surface area (Å²) >= 11 is 0. The van der Waals surface area contributed by atoms with Gasteiger partial charge in [-0.1, -0.05) is 50.1 Å². The van der Waals surface area contributed by atoms with E-state index in [4.69, 9.17) is 4.74 Å². The van der Waals surface area contributed by atoms with E-state index in [0.29, 0.717) is 6.61 Å². The minimum atomic E-state index is -0.184. The molecule has 1 aromatic carbocycles. The highest BCUT2D eigenvalue weighted by atomic mass is 16.6. The van der Waals surface area contributed by atoms with Gasteiger partial charge in [0, 0.05) is 25.7 Å². The maximum Gasteiger partial charge on any atom is 0.410 e. The Morgan fingerprint density at radius 1 is 1.40 bits per heavy atom. The standard InChI is InChI=1S/C16H24N2O2/c1-2-3-9-15-12-17-10-11-18(15)16(19)20-13-14-7-5-4-6-8-14/h4-8,15,17H,2-3,9-13H2,1H3/t15-/m0/s1. The Morgan fingerprint density at radius 2 is 2.20 bits per heavy atom. The molecule has 1 aliphatic heterocycles. The van der Waals surface area contributed by atoms with Crippen LogP contribution < -0.4 is 5.32 Å². The normalized spacial score (nSPS) is 18.9. The highest BCUT2D eigenvalue weighted by Crippen LogP contribution is 2.13. The van der Waals surface area contributed by atoms with Crippen molar-refractivity contribution in [2.45, 2.75) is 38.8 Å². The fraction of sp³-hybridized carbons (Fsp3) is 0.562. The number of hydrogen-bond donors (Lipinski definition) is 1. The summed E-state index contributed by atoms with van der Waals surface area (Å²) in [6, 6.07) is 10.1. The van der Waals surface area contributed by atoms with Gasteiger partial charge in [-0.3, -0.25) is 0 Å².